The molecule has 152 valence electrons. The van der Waals surface area contributed by atoms with Crippen LogP contribution in [0.3, 0.4) is 0 Å². The number of carbonyl (C=O) groups excluding carboxylic acids is 3. The number of amides is 2. The van der Waals surface area contributed by atoms with Crippen molar-refractivity contribution in [3.05, 3.63) is 33.1 Å². The number of hydrogen-bond donors (Lipinski definition) is 1. The molecular formula is C17H16N5NaO4S3. The predicted octanol–water partition coefficient (Wildman–Crippen LogP) is -3.23. The van der Waals surface area contributed by atoms with E-state index in [4.69, 9.17) is 0 Å². The summed E-state index contributed by atoms with van der Waals surface area (Å²) < 4.78 is 0. The van der Waals surface area contributed by atoms with E-state index in [2.05, 4.69) is 15.5 Å². The Morgan fingerprint density at radius 1 is 1.37 bits per heavy atom. The van der Waals surface area contributed by atoms with Gasteiger partial charge in [-0.1, -0.05) is 17.4 Å². The summed E-state index contributed by atoms with van der Waals surface area (Å²) >= 11 is 4.10. The summed E-state index contributed by atoms with van der Waals surface area (Å²) in [4.78, 5) is 40.6. The number of β-lactam (4-membered cyclic amide) rings is 1. The Balaban J connectivity index is 0.00000256. The number of hydrogen-bond acceptors (Lipinski definition) is 10. The van der Waals surface area contributed by atoms with Crippen molar-refractivity contribution in [2.24, 2.45) is 0 Å². The molecule has 0 spiro atoms. The van der Waals surface area contributed by atoms with Crippen LogP contribution in [0, 0.1) is 0 Å². The fourth-order valence-electron chi connectivity index (χ4n) is 3.09. The molecule has 1 N–H and O–H groups in total. The Labute approximate surface area is 206 Å². The van der Waals surface area contributed by atoms with E-state index in [9.17, 15) is 19.5 Å². The third-order valence-corrected chi connectivity index (χ3v) is 7.76. The molecule has 0 bridgehead atoms. The topological polar surface area (TPSA) is 119 Å². The van der Waals surface area contributed by atoms with Crippen LogP contribution in [0.4, 0.5) is 5.13 Å². The fraction of sp³-hybridized carbons (Fsp3) is 0.353. The SMILES string of the molecule is CN(C)c1nnc(C2=C(C(=O)[O-])N3C(=O)C(NC(=O)Cc4cccs4)[C@H]3SC2)s1.[Na+]. The molecule has 30 heavy (non-hydrogen) atoms. The number of fused-ring (bicyclic) bond motifs is 1. The number of nitrogens with zero attached hydrogens (tertiary/aromatic N) is 4. The number of thioether (sulfide) groups is 1. The number of aromatic nitrogens is 2. The molecule has 0 saturated carbocycles. The van der Waals surface area contributed by atoms with Gasteiger partial charge in [0.1, 0.15) is 16.4 Å². The van der Waals surface area contributed by atoms with Crippen LogP contribution in [-0.2, 0) is 20.8 Å². The number of anilines is 1. The van der Waals surface area contributed by atoms with Crippen LogP contribution in [0.2, 0.25) is 0 Å². The summed E-state index contributed by atoms with van der Waals surface area (Å²) in [5.41, 5.74) is 0.220. The van der Waals surface area contributed by atoms with Gasteiger partial charge < -0.3 is 20.1 Å². The zero-order valence-corrected chi connectivity index (χ0v) is 20.9. The van der Waals surface area contributed by atoms with Gasteiger partial charge in [0.05, 0.1) is 18.1 Å². The molecule has 2 aliphatic heterocycles. The van der Waals surface area contributed by atoms with Crippen molar-refractivity contribution >= 4 is 62.9 Å². The minimum Gasteiger partial charge on any atom is -0.543 e. The largest absolute Gasteiger partial charge is 1.00 e. The molecule has 4 rings (SSSR count). The van der Waals surface area contributed by atoms with Crippen LogP contribution in [0.5, 0.6) is 0 Å². The summed E-state index contributed by atoms with van der Waals surface area (Å²) in [6, 6.07) is 2.95. The van der Waals surface area contributed by atoms with Gasteiger partial charge in [0.15, 0.2) is 0 Å². The summed E-state index contributed by atoms with van der Waals surface area (Å²) in [7, 11) is 3.62. The molecule has 1 saturated heterocycles. The molecule has 9 nitrogen and oxygen atoms in total. The van der Waals surface area contributed by atoms with E-state index in [-0.39, 0.29) is 47.6 Å². The van der Waals surface area contributed by atoms with Crippen molar-refractivity contribution in [2.45, 2.75) is 17.8 Å². The van der Waals surface area contributed by atoms with Gasteiger partial charge in [-0.3, -0.25) is 14.5 Å². The van der Waals surface area contributed by atoms with Gasteiger partial charge in [-0.15, -0.1) is 33.3 Å². The summed E-state index contributed by atoms with van der Waals surface area (Å²) in [6.07, 6.45) is 0.186. The zero-order chi connectivity index (χ0) is 20.7. The number of nitrogens with one attached hydrogen (secondary N) is 1. The normalized spacial score (nSPS) is 20.2. The average Bonchev–Trinajstić information content (AvgIpc) is 3.36. The number of thiophene rings is 1. The quantitative estimate of drug-likeness (QED) is 0.344. The van der Waals surface area contributed by atoms with Crippen LogP contribution < -0.4 is 44.9 Å². The van der Waals surface area contributed by atoms with E-state index < -0.39 is 23.3 Å². The zero-order valence-electron chi connectivity index (χ0n) is 16.4. The van der Waals surface area contributed by atoms with Gasteiger partial charge in [-0.05, 0) is 11.4 Å². The van der Waals surface area contributed by atoms with Crippen molar-refractivity contribution < 1.29 is 49.0 Å². The van der Waals surface area contributed by atoms with Gasteiger partial charge in [-0.25, -0.2) is 0 Å². The van der Waals surface area contributed by atoms with Gasteiger partial charge in [-0.2, -0.15) is 0 Å². The average molecular weight is 474 g/mol. The van der Waals surface area contributed by atoms with Gasteiger partial charge in [0.25, 0.3) is 5.91 Å². The number of carboxylic acid groups (broad SMARTS) is 1. The number of aliphatic carboxylic acids is 1. The van der Waals surface area contributed by atoms with Crippen molar-refractivity contribution in [3.63, 3.8) is 0 Å². The molecule has 1 unspecified atom stereocenters. The maximum atomic E-state index is 12.7. The minimum atomic E-state index is -1.44. The standard InChI is InChI=1S/C17H17N5O4S3.Na/c1-21(2)17-20-19-13(29-17)9-7-28-15-11(14(24)22(15)12(9)16(25)26)18-10(23)6-8-4-3-5-27-8;/h3-5,11,15H,6-7H2,1-2H3,(H,18,23)(H,25,26);/q;+1/p-1/t11?,15-;/m1./s1. The maximum absolute atomic E-state index is 12.7. The monoisotopic (exact) mass is 473 g/mol. The van der Waals surface area contributed by atoms with E-state index in [1.165, 1.54) is 39.3 Å². The molecule has 1 fully saturated rings. The van der Waals surface area contributed by atoms with Crippen LogP contribution in [-0.4, -0.2) is 64.1 Å². The van der Waals surface area contributed by atoms with Crippen LogP contribution in [0.1, 0.15) is 9.88 Å². The smallest absolute Gasteiger partial charge is 0.543 e. The Morgan fingerprint density at radius 2 is 2.13 bits per heavy atom. The second-order valence-electron chi connectivity index (χ2n) is 6.61. The molecule has 0 radical (unpaired) electrons. The van der Waals surface area contributed by atoms with Crippen LogP contribution in [0.25, 0.3) is 5.57 Å². The molecule has 2 amide bonds. The van der Waals surface area contributed by atoms with E-state index in [0.29, 0.717) is 21.5 Å². The second kappa shape index (κ2) is 9.37. The van der Waals surface area contributed by atoms with E-state index >= 15 is 0 Å². The van der Waals surface area contributed by atoms with Gasteiger partial charge in [0, 0.05) is 30.3 Å². The first-order valence-electron chi connectivity index (χ1n) is 8.59. The number of carbonyl (C=O) groups is 3. The summed E-state index contributed by atoms with van der Waals surface area (Å²) in [5.74, 6) is -1.84. The second-order valence-corrected chi connectivity index (χ2v) is 9.70. The number of carboxylic acids is 1. The van der Waals surface area contributed by atoms with E-state index in [0.717, 1.165) is 4.88 Å². The molecule has 13 heteroatoms. The van der Waals surface area contributed by atoms with Crippen LogP contribution >= 0.6 is 34.4 Å². The van der Waals surface area contributed by atoms with E-state index in [1.807, 2.05) is 31.6 Å². The predicted molar refractivity (Wildman–Crippen MR) is 109 cm³/mol. The molecular weight excluding hydrogens is 457 g/mol. The van der Waals surface area contributed by atoms with Crippen molar-refractivity contribution in [1.82, 2.24) is 20.4 Å². The molecule has 2 atom stereocenters. The molecule has 0 aliphatic carbocycles. The fourth-order valence-corrected chi connectivity index (χ4v) is 6.04. The Bertz CT molecular complexity index is 1010. The molecule has 4 heterocycles. The van der Waals surface area contributed by atoms with Crippen molar-refractivity contribution in [3.8, 4) is 0 Å². The van der Waals surface area contributed by atoms with E-state index in [1.54, 1.807) is 4.90 Å². The Kier molecular flexibility index (Phi) is 7.25. The Morgan fingerprint density at radius 3 is 2.73 bits per heavy atom. The third-order valence-electron chi connectivity index (χ3n) is 4.45. The van der Waals surface area contributed by atoms with Crippen LogP contribution in [0.15, 0.2) is 23.2 Å². The minimum absolute atomic E-state index is 0. The molecule has 2 aromatic rings. The maximum Gasteiger partial charge on any atom is 1.00 e. The van der Waals surface area contributed by atoms with Crippen molar-refractivity contribution in [2.75, 3.05) is 24.7 Å². The molecule has 2 aromatic heterocycles. The first-order valence-corrected chi connectivity index (χ1v) is 11.3. The van der Waals surface area contributed by atoms with Gasteiger partial charge in [0.2, 0.25) is 11.0 Å². The Hall–Kier alpha value is -1.44. The first kappa shape index (κ1) is 23.2. The van der Waals surface area contributed by atoms with Gasteiger partial charge >= 0.3 is 29.6 Å². The first-order chi connectivity index (χ1) is 13.9. The molecule has 2 aliphatic rings. The number of rotatable bonds is 6. The summed E-state index contributed by atoms with van der Waals surface area (Å²) in [5, 5.41) is 25.1. The summed E-state index contributed by atoms with van der Waals surface area (Å²) in [6.45, 7) is 0. The van der Waals surface area contributed by atoms with Crippen molar-refractivity contribution in [1.29, 1.82) is 0 Å². The molecule has 0 aromatic carbocycles. The third kappa shape index (κ3) is 4.30.